The molecular formula is C16H12F3N6O. The summed E-state index contributed by atoms with van der Waals surface area (Å²) in [6, 6.07) is 5.69. The number of anilines is 3. The van der Waals surface area contributed by atoms with E-state index >= 15 is 0 Å². The Kier molecular flexibility index (Phi) is 4.57. The molecule has 2 aromatic rings. The molecule has 10 heteroatoms. The van der Waals surface area contributed by atoms with Crippen molar-refractivity contribution in [3.8, 4) is 0 Å². The van der Waals surface area contributed by atoms with E-state index in [-0.39, 0.29) is 11.9 Å². The second kappa shape index (κ2) is 6.82. The number of nitrogens with zero attached hydrogens (tertiary/aromatic N) is 4. The fraction of sp³-hybridized carbons (Fsp3) is 0.125. The Morgan fingerprint density at radius 2 is 1.92 bits per heavy atom. The molecule has 1 aromatic heterocycles. The highest BCUT2D eigenvalue weighted by atomic mass is 19.4. The van der Waals surface area contributed by atoms with Gasteiger partial charge in [-0.2, -0.15) is 23.7 Å². The smallest absolute Gasteiger partial charge is 0.326 e. The number of hydrogen-bond acceptors (Lipinski definition) is 5. The van der Waals surface area contributed by atoms with E-state index < -0.39 is 11.9 Å². The molecule has 2 N–H and O–H groups in total. The van der Waals surface area contributed by atoms with Crippen molar-refractivity contribution in [2.24, 2.45) is 5.10 Å². The summed E-state index contributed by atoms with van der Waals surface area (Å²) in [5.74, 6) is -0.508. The quantitative estimate of drug-likeness (QED) is 0.875. The van der Waals surface area contributed by atoms with Crippen LogP contribution in [0.1, 0.15) is 18.2 Å². The van der Waals surface area contributed by atoms with E-state index in [1.165, 1.54) is 19.3 Å². The fourth-order valence-electron chi connectivity index (χ4n) is 2.22. The number of rotatable bonds is 4. The molecule has 0 aliphatic carbocycles. The Morgan fingerprint density at radius 3 is 2.58 bits per heavy atom. The number of halogens is 3. The van der Waals surface area contributed by atoms with E-state index in [1.54, 1.807) is 18.2 Å². The van der Waals surface area contributed by atoms with E-state index in [2.05, 4.69) is 31.1 Å². The van der Waals surface area contributed by atoms with Crippen LogP contribution in [0.4, 0.5) is 30.5 Å². The van der Waals surface area contributed by atoms with Crippen LogP contribution in [0, 0.1) is 0 Å². The average molecular weight is 361 g/mol. The van der Waals surface area contributed by atoms with Gasteiger partial charge in [0.15, 0.2) is 0 Å². The molecule has 3 rings (SSSR count). The van der Waals surface area contributed by atoms with Crippen molar-refractivity contribution >= 4 is 35.0 Å². The lowest BCUT2D eigenvalue weighted by atomic mass is 10.1. The highest BCUT2D eigenvalue weighted by molar-refractivity contribution is 6.11. The van der Waals surface area contributed by atoms with Crippen molar-refractivity contribution in [3.63, 3.8) is 0 Å². The molecule has 7 nitrogen and oxygen atoms in total. The lowest BCUT2D eigenvalue weighted by molar-refractivity contribution is -0.141. The Bertz CT molecular complexity index is 907. The molecular weight excluding hydrogens is 349 g/mol. The van der Waals surface area contributed by atoms with Crippen molar-refractivity contribution in [2.45, 2.75) is 13.1 Å². The zero-order valence-electron chi connectivity index (χ0n) is 13.4. The van der Waals surface area contributed by atoms with Gasteiger partial charge in [0.25, 0.3) is 0 Å². The van der Waals surface area contributed by atoms with Gasteiger partial charge in [-0.1, -0.05) is 0 Å². The number of nitrogens with one attached hydrogen (secondary N) is 2. The van der Waals surface area contributed by atoms with Crippen LogP contribution in [-0.2, 0) is 11.0 Å². The highest BCUT2D eigenvalue weighted by Crippen LogP contribution is 2.29. The number of benzene rings is 1. The molecule has 1 amide bonds. The van der Waals surface area contributed by atoms with Crippen LogP contribution in [0.15, 0.2) is 41.8 Å². The monoisotopic (exact) mass is 361 g/mol. The standard InChI is InChI=1S/C16H12F3N6O/c1-9(26)23-12-4-10(11-7-21-22-8-11)5-13(6-12)24-15-20-3-2-14(25-15)16(17,18)19/h2-8H,1H3,(H,23,26)(H,20,24,25). The van der Waals surface area contributed by atoms with E-state index in [4.69, 9.17) is 0 Å². The number of carbonyl (C=O) groups excluding carboxylic acids is 1. The van der Waals surface area contributed by atoms with Crippen molar-refractivity contribution in [2.75, 3.05) is 10.6 Å². The largest absolute Gasteiger partial charge is 0.433 e. The first-order chi connectivity index (χ1) is 12.3. The van der Waals surface area contributed by atoms with Crippen molar-refractivity contribution in [1.82, 2.24) is 15.4 Å². The molecule has 0 spiro atoms. The molecule has 0 saturated heterocycles. The zero-order valence-corrected chi connectivity index (χ0v) is 13.4. The molecule has 1 aliphatic heterocycles. The maximum absolute atomic E-state index is 12.8. The van der Waals surface area contributed by atoms with Crippen LogP contribution in [0.3, 0.4) is 0 Å². The first-order valence-electron chi connectivity index (χ1n) is 7.35. The van der Waals surface area contributed by atoms with E-state index in [1.807, 2.05) is 0 Å². The van der Waals surface area contributed by atoms with Crippen LogP contribution in [0.25, 0.3) is 5.57 Å². The van der Waals surface area contributed by atoms with Gasteiger partial charge < -0.3 is 10.6 Å². The topological polar surface area (TPSA) is 93.4 Å². The minimum atomic E-state index is -4.57. The lowest BCUT2D eigenvalue weighted by Crippen LogP contribution is -2.10. The van der Waals surface area contributed by atoms with Gasteiger partial charge in [0.1, 0.15) is 5.69 Å². The molecule has 2 heterocycles. The summed E-state index contributed by atoms with van der Waals surface area (Å²) >= 11 is 0. The molecule has 133 valence electrons. The molecule has 0 unspecified atom stereocenters. The Balaban J connectivity index is 1.95. The third-order valence-electron chi connectivity index (χ3n) is 3.25. The van der Waals surface area contributed by atoms with Gasteiger partial charge in [0.2, 0.25) is 11.9 Å². The van der Waals surface area contributed by atoms with Crippen molar-refractivity contribution in [3.05, 3.63) is 47.9 Å². The molecule has 26 heavy (non-hydrogen) atoms. The number of alkyl halides is 3. The second-order valence-electron chi connectivity index (χ2n) is 5.31. The summed E-state index contributed by atoms with van der Waals surface area (Å²) in [6.07, 6.45) is -0.508. The average Bonchev–Trinajstić information content (AvgIpc) is 3.08. The number of allylic oxidation sites excluding steroid dienone is 1. The number of hydrogen-bond donors (Lipinski definition) is 2. The molecule has 0 bridgehead atoms. The molecule has 0 saturated carbocycles. The molecule has 1 radical (unpaired) electrons. The van der Waals surface area contributed by atoms with Gasteiger partial charge in [-0.05, 0) is 29.8 Å². The van der Waals surface area contributed by atoms with E-state index in [0.29, 0.717) is 22.5 Å². The van der Waals surface area contributed by atoms with Gasteiger partial charge in [-0.15, -0.1) is 0 Å². The van der Waals surface area contributed by atoms with Gasteiger partial charge in [0, 0.05) is 30.1 Å². The van der Waals surface area contributed by atoms with Crippen LogP contribution in [-0.4, -0.2) is 22.1 Å². The third-order valence-corrected chi connectivity index (χ3v) is 3.25. The van der Waals surface area contributed by atoms with Gasteiger partial charge >= 0.3 is 6.18 Å². The maximum Gasteiger partial charge on any atom is 0.433 e. The van der Waals surface area contributed by atoms with Crippen LogP contribution in [0.2, 0.25) is 0 Å². The van der Waals surface area contributed by atoms with E-state index in [9.17, 15) is 18.0 Å². The predicted molar refractivity (Wildman–Crippen MR) is 89.7 cm³/mol. The summed E-state index contributed by atoms with van der Waals surface area (Å²) in [7, 11) is 0. The Morgan fingerprint density at radius 1 is 1.15 bits per heavy atom. The summed E-state index contributed by atoms with van der Waals surface area (Å²) in [5.41, 5.74) is 4.87. The highest BCUT2D eigenvalue weighted by Gasteiger charge is 2.32. The van der Waals surface area contributed by atoms with Gasteiger partial charge in [-0.25, -0.2) is 9.97 Å². The normalized spacial score (nSPS) is 13.2. The van der Waals surface area contributed by atoms with Crippen LogP contribution >= 0.6 is 0 Å². The number of aromatic nitrogens is 2. The SMILES string of the molecule is CC(=O)Nc1cc(Nc2nccc(C(F)(F)F)n2)cc(C2=C[N]N=C2)c1. The van der Waals surface area contributed by atoms with Gasteiger partial charge in [-0.3, -0.25) is 4.79 Å². The van der Waals surface area contributed by atoms with Crippen LogP contribution in [0.5, 0.6) is 0 Å². The number of carbonyl (C=O) groups is 1. The predicted octanol–water partition coefficient (Wildman–Crippen LogP) is 3.14. The molecule has 1 aromatic carbocycles. The van der Waals surface area contributed by atoms with E-state index in [0.717, 1.165) is 12.3 Å². The summed E-state index contributed by atoms with van der Waals surface area (Å²) < 4.78 is 38.4. The first-order valence-corrected chi connectivity index (χ1v) is 7.35. The lowest BCUT2D eigenvalue weighted by Gasteiger charge is -2.12. The van der Waals surface area contributed by atoms with Crippen molar-refractivity contribution < 1.29 is 18.0 Å². The third kappa shape index (κ3) is 4.15. The number of amides is 1. The van der Waals surface area contributed by atoms with Crippen molar-refractivity contribution in [1.29, 1.82) is 0 Å². The minimum Gasteiger partial charge on any atom is -0.326 e. The second-order valence-corrected chi connectivity index (χ2v) is 5.31. The summed E-state index contributed by atoms with van der Waals surface area (Å²) in [5, 5.41) is 9.08. The zero-order chi connectivity index (χ0) is 18.7. The first kappa shape index (κ1) is 17.4. The minimum absolute atomic E-state index is 0.218. The Hall–Kier alpha value is -3.43. The molecule has 0 fully saturated rings. The Labute approximate surface area is 146 Å². The fourth-order valence-corrected chi connectivity index (χ4v) is 2.22. The summed E-state index contributed by atoms with van der Waals surface area (Å²) in [4.78, 5) is 18.6. The van der Waals surface area contributed by atoms with Gasteiger partial charge in [0.05, 0.1) is 12.4 Å². The maximum atomic E-state index is 12.8. The molecule has 0 atom stereocenters. The summed E-state index contributed by atoms with van der Waals surface area (Å²) in [6.45, 7) is 1.35. The molecule has 1 aliphatic rings. The van der Waals surface area contributed by atoms with Crippen LogP contribution < -0.4 is 16.1 Å².